The van der Waals surface area contributed by atoms with E-state index in [0.29, 0.717) is 6.04 Å². The molecular formula is C17H17BrClNO. The summed E-state index contributed by atoms with van der Waals surface area (Å²) in [6, 6.07) is 12.5. The molecule has 2 aromatic carbocycles. The van der Waals surface area contributed by atoms with Crippen LogP contribution in [0.1, 0.15) is 30.0 Å². The number of ether oxygens (including phenoxy) is 1. The Balaban J connectivity index is 1.90. The standard InChI is InChI=1S/C17H17BrClNO/c1-21-13-7-5-11-3-2-4-16(14(11)10-13)20-17-8-6-12(19)9-15(17)18/h5-10,16,20H,2-4H2,1H3. The van der Waals surface area contributed by atoms with Gasteiger partial charge in [0.15, 0.2) is 0 Å². The van der Waals surface area contributed by atoms with E-state index in [1.807, 2.05) is 24.3 Å². The predicted octanol–water partition coefficient (Wildman–Crippen LogP) is 5.60. The number of rotatable bonds is 3. The largest absolute Gasteiger partial charge is 0.497 e. The molecule has 0 bridgehead atoms. The van der Waals surface area contributed by atoms with Gasteiger partial charge >= 0.3 is 0 Å². The van der Waals surface area contributed by atoms with Gasteiger partial charge in [-0.05, 0) is 76.7 Å². The fourth-order valence-electron chi connectivity index (χ4n) is 2.85. The molecular weight excluding hydrogens is 350 g/mol. The average Bonchev–Trinajstić information content (AvgIpc) is 2.50. The molecule has 0 saturated carbocycles. The molecule has 1 atom stereocenters. The van der Waals surface area contributed by atoms with Crippen LogP contribution in [0.2, 0.25) is 5.02 Å². The molecule has 0 amide bonds. The van der Waals surface area contributed by atoms with Gasteiger partial charge in [0.05, 0.1) is 13.2 Å². The topological polar surface area (TPSA) is 21.3 Å². The number of hydrogen-bond acceptors (Lipinski definition) is 2. The molecule has 0 saturated heterocycles. The van der Waals surface area contributed by atoms with Crippen molar-refractivity contribution in [1.82, 2.24) is 0 Å². The van der Waals surface area contributed by atoms with Crippen molar-refractivity contribution in [2.24, 2.45) is 0 Å². The normalized spacial score (nSPS) is 17.2. The van der Waals surface area contributed by atoms with E-state index < -0.39 is 0 Å². The molecule has 1 N–H and O–H groups in total. The molecule has 0 aliphatic heterocycles. The van der Waals surface area contributed by atoms with Crippen molar-refractivity contribution >= 4 is 33.2 Å². The van der Waals surface area contributed by atoms with Crippen LogP contribution in [0.5, 0.6) is 5.75 Å². The van der Waals surface area contributed by atoms with E-state index >= 15 is 0 Å². The third-order valence-corrected chi connectivity index (χ3v) is 4.82. The highest BCUT2D eigenvalue weighted by Crippen LogP contribution is 2.36. The number of methoxy groups -OCH3 is 1. The van der Waals surface area contributed by atoms with E-state index in [1.165, 1.54) is 17.5 Å². The summed E-state index contributed by atoms with van der Waals surface area (Å²) in [6.45, 7) is 0. The first kappa shape index (κ1) is 14.7. The van der Waals surface area contributed by atoms with Crippen LogP contribution >= 0.6 is 27.5 Å². The van der Waals surface area contributed by atoms with Crippen LogP contribution < -0.4 is 10.1 Å². The minimum absolute atomic E-state index is 0.307. The molecule has 4 heteroatoms. The molecule has 0 fully saturated rings. The summed E-state index contributed by atoms with van der Waals surface area (Å²) in [5.41, 5.74) is 3.81. The number of nitrogens with one attached hydrogen (secondary N) is 1. The maximum Gasteiger partial charge on any atom is 0.119 e. The fourth-order valence-corrected chi connectivity index (χ4v) is 3.65. The maximum atomic E-state index is 6.01. The molecule has 3 rings (SSSR count). The first-order valence-corrected chi connectivity index (χ1v) is 8.23. The van der Waals surface area contributed by atoms with E-state index in [2.05, 4.69) is 33.4 Å². The lowest BCUT2D eigenvalue weighted by Crippen LogP contribution is -2.17. The maximum absolute atomic E-state index is 6.01. The molecule has 1 aliphatic rings. The van der Waals surface area contributed by atoms with Gasteiger partial charge in [-0.3, -0.25) is 0 Å². The van der Waals surface area contributed by atoms with Crippen LogP contribution in [-0.2, 0) is 6.42 Å². The molecule has 2 nitrogen and oxygen atoms in total. The second-order valence-corrected chi connectivity index (χ2v) is 6.57. The molecule has 0 heterocycles. The van der Waals surface area contributed by atoms with E-state index in [1.54, 1.807) is 7.11 Å². The first-order chi connectivity index (χ1) is 10.2. The summed E-state index contributed by atoms with van der Waals surface area (Å²) in [7, 11) is 1.71. The van der Waals surface area contributed by atoms with E-state index in [4.69, 9.17) is 16.3 Å². The molecule has 0 radical (unpaired) electrons. The lowest BCUT2D eigenvalue weighted by Gasteiger charge is -2.28. The third-order valence-electron chi connectivity index (χ3n) is 3.93. The van der Waals surface area contributed by atoms with Gasteiger partial charge in [0, 0.05) is 15.2 Å². The van der Waals surface area contributed by atoms with E-state index in [9.17, 15) is 0 Å². The summed E-state index contributed by atoms with van der Waals surface area (Å²) < 4.78 is 6.35. The van der Waals surface area contributed by atoms with Crippen LogP contribution in [0, 0.1) is 0 Å². The molecule has 0 aromatic heterocycles. The zero-order valence-corrected chi connectivity index (χ0v) is 14.2. The van der Waals surface area contributed by atoms with Crippen LogP contribution in [-0.4, -0.2) is 7.11 Å². The van der Waals surface area contributed by atoms with Gasteiger partial charge in [0.2, 0.25) is 0 Å². The minimum Gasteiger partial charge on any atom is -0.497 e. The number of fused-ring (bicyclic) bond motifs is 1. The van der Waals surface area contributed by atoms with Gasteiger partial charge in [-0.15, -0.1) is 0 Å². The highest BCUT2D eigenvalue weighted by atomic mass is 79.9. The van der Waals surface area contributed by atoms with Crippen molar-refractivity contribution in [2.45, 2.75) is 25.3 Å². The van der Waals surface area contributed by atoms with Gasteiger partial charge in [0.25, 0.3) is 0 Å². The monoisotopic (exact) mass is 365 g/mol. The van der Waals surface area contributed by atoms with Crippen LogP contribution in [0.3, 0.4) is 0 Å². The minimum atomic E-state index is 0.307. The highest BCUT2D eigenvalue weighted by Gasteiger charge is 2.21. The van der Waals surface area contributed by atoms with E-state index in [0.717, 1.165) is 33.8 Å². The Labute approximate surface area is 138 Å². The smallest absolute Gasteiger partial charge is 0.119 e. The average molecular weight is 367 g/mol. The van der Waals surface area contributed by atoms with Crippen molar-refractivity contribution < 1.29 is 4.74 Å². The molecule has 21 heavy (non-hydrogen) atoms. The van der Waals surface area contributed by atoms with Gasteiger partial charge in [-0.2, -0.15) is 0 Å². The Morgan fingerprint density at radius 1 is 1.24 bits per heavy atom. The van der Waals surface area contributed by atoms with Crippen molar-refractivity contribution in [2.75, 3.05) is 12.4 Å². The number of anilines is 1. The second-order valence-electron chi connectivity index (χ2n) is 5.28. The summed E-state index contributed by atoms with van der Waals surface area (Å²) in [4.78, 5) is 0. The van der Waals surface area contributed by atoms with Crippen molar-refractivity contribution in [3.05, 3.63) is 57.0 Å². The number of hydrogen-bond donors (Lipinski definition) is 1. The molecule has 2 aromatic rings. The SMILES string of the molecule is COc1ccc2c(c1)C(Nc1ccc(Cl)cc1Br)CCC2. The zero-order valence-electron chi connectivity index (χ0n) is 11.8. The predicted molar refractivity (Wildman–Crippen MR) is 91.4 cm³/mol. The molecule has 1 unspecified atom stereocenters. The number of halogens is 2. The van der Waals surface area contributed by atoms with Gasteiger partial charge < -0.3 is 10.1 Å². The Kier molecular flexibility index (Phi) is 4.41. The van der Waals surface area contributed by atoms with Crippen LogP contribution in [0.4, 0.5) is 5.69 Å². The number of benzene rings is 2. The lowest BCUT2D eigenvalue weighted by atomic mass is 9.87. The quantitative estimate of drug-likeness (QED) is 0.763. The number of aryl methyl sites for hydroxylation is 1. The van der Waals surface area contributed by atoms with Crippen LogP contribution in [0.25, 0.3) is 0 Å². The van der Waals surface area contributed by atoms with Gasteiger partial charge in [-0.25, -0.2) is 0 Å². The molecule has 0 spiro atoms. The Morgan fingerprint density at radius 2 is 2.10 bits per heavy atom. The fraction of sp³-hybridized carbons (Fsp3) is 0.294. The molecule has 1 aliphatic carbocycles. The summed E-state index contributed by atoms with van der Waals surface area (Å²) in [6.07, 6.45) is 3.46. The van der Waals surface area contributed by atoms with E-state index in [-0.39, 0.29) is 0 Å². The third kappa shape index (κ3) is 3.19. The van der Waals surface area contributed by atoms with Crippen molar-refractivity contribution in [3.63, 3.8) is 0 Å². The summed E-state index contributed by atoms with van der Waals surface area (Å²) >= 11 is 9.58. The highest BCUT2D eigenvalue weighted by molar-refractivity contribution is 9.10. The lowest BCUT2D eigenvalue weighted by molar-refractivity contribution is 0.413. The van der Waals surface area contributed by atoms with Crippen molar-refractivity contribution in [1.29, 1.82) is 0 Å². The van der Waals surface area contributed by atoms with Crippen LogP contribution in [0.15, 0.2) is 40.9 Å². The zero-order chi connectivity index (χ0) is 14.8. The Hall–Kier alpha value is -1.19. The van der Waals surface area contributed by atoms with Crippen molar-refractivity contribution in [3.8, 4) is 5.75 Å². The van der Waals surface area contributed by atoms with Gasteiger partial charge in [-0.1, -0.05) is 17.7 Å². The Bertz CT molecular complexity index is 659. The van der Waals surface area contributed by atoms with Gasteiger partial charge in [0.1, 0.15) is 5.75 Å². The second kappa shape index (κ2) is 6.29. The summed E-state index contributed by atoms with van der Waals surface area (Å²) in [5, 5.41) is 4.36. The summed E-state index contributed by atoms with van der Waals surface area (Å²) in [5.74, 6) is 0.914. The molecule has 110 valence electrons. The Morgan fingerprint density at radius 3 is 2.86 bits per heavy atom. The first-order valence-electron chi connectivity index (χ1n) is 7.06.